The van der Waals surface area contributed by atoms with Gasteiger partial charge in [0.1, 0.15) is 0 Å². The van der Waals surface area contributed by atoms with Crippen molar-refractivity contribution in [3.63, 3.8) is 0 Å². The molecule has 3 aromatic rings. The summed E-state index contributed by atoms with van der Waals surface area (Å²) in [6.45, 7) is 2.72. The van der Waals surface area contributed by atoms with Crippen LogP contribution in [0.25, 0.3) is 10.9 Å². The third-order valence-electron chi connectivity index (χ3n) is 4.90. The molecule has 1 amide bonds. The molecule has 1 heterocycles. The molecular formula is C23H25N3O4S. The number of thioether (sulfide) groups is 1. The number of fused-ring (bicyclic) bond motifs is 1. The van der Waals surface area contributed by atoms with E-state index in [1.165, 1.54) is 34.6 Å². The quantitative estimate of drug-likeness (QED) is 0.313. The molecule has 162 valence electrons. The van der Waals surface area contributed by atoms with Crippen LogP contribution in [0.2, 0.25) is 0 Å². The molecule has 0 unspecified atom stereocenters. The average molecular weight is 440 g/mol. The first kappa shape index (κ1) is 22.6. The van der Waals surface area contributed by atoms with Crippen LogP contribution in [0.3, 0.4) is 0 Å². The molecule has 3 rings (SSSR count). The highest BCUT2D eigenvalue weighted by Crippen LogP contribution is 2.18. The van der Waals surface area contributed by atoms with Crippen molar-refractivity contribution >= 4 is 34.5 Å². The number of nitrogens with one attached hydrogen (secondary N) is 1. The lowest BCUT2D eigenvalue weighted by molar-refractivity contribution is -0.140. The molecule has 0 radical (unpaired) electrons. The number of methoxy groups -OCH3 is 1. The van der Waals surface area contributed by atoms with Crippen LogP contribution in [0.4, 0.5) is 0 Å². The minimum atomic E-state index is -0.412. The molecule has 0 saturated carbocycles. The molecule has 0 bridgehead atoms. The van der Waals surface area contributed by atoms with Crippen molar-refractivity contribution in [1.29, 1.82) is 0 Å². The van der Waals surface area contributed by atoms with E-state index in [-0.39, 0.29) is 30.2 Å². The van der Waals surface area contributed by atoms with Crippen LogP contribution in [-0.4, -0.2) is 40.8 Å². The maximum atomic E-state index is 12.9. The van der Waals surface area contributed by atoms with Crippen LogP contribution in [0.15, 0.2) is 58.5 Å². The Morgan fingerprint density at radius 3 is 2.65 bits per heavy atom. The highest BCUT2D eigenvalue weighted by molar-refractivity contribution is 7.99. The Balaban J connectivity index is 1.67. The van der Waals surface area contributed by atoms with Gasteiger partial charge in [0.25, 0.3) is 5.56 Å². The normalized spacial score (nSPS) is 10.8. The van der Waals surface area contributed by atoms with Gasteiger partial charge in [-0.2, -0.15) is 0 Å². The third kappa shape index (κ3) is 5.95. The van der Waals surface area contributed by atoms with Gasteiger partial charge in [-0.1, -0.05) is 48.2 Å². The Hall–Kier alpha value is -3.13. The summed E-state index contributed by atoms with van der Waals surface area (Å²) in [6, 6.07) is 15.1. The second-order valence-corrected chi connectivity index (χ2v) is 7.95. The minimum Gasteiger partial charge on any atom is -0.469 e. The Kier molecular flexibility index (Phi) is 7.83. The van der Waals surface area contributed by atoms with Crippen molar-refractivity contribution in [1.82, 2.24) is 14.9 Å². The number of benzene rings is 2. The van der Waals surface area contributed by atoms with Crippen molar-refractivity contribution in [3.8, 4) is 0 Å². The summed E-state index contributed by atoms with van der Waals surface area (Å²) in [7, 11) is 1.31. The van der Waals surface area contributed by atoms with Crippen LogP contribution in [0.1, 0.15) is 17.5 Å². The number of aromatic nitrogens is 2. The van der Waals surface area contributed by atoms with Gasteiger partial charge in [-0.05, 0) is 36.6 Å². The Morgan fingerprint density at radius 2 is 1.87 bits per heavy atom. The Bertz CT molecular complexity index is 1140. The minimum absolute atomic E-state index is 0.0482. The average Bonchev–Trinajstić information content (AvgIpc) is 2.78. The lowest BCUT2D eigenvalue weighted by Crippen LogP contribution is -2.29. The van der Waals surface area contributed by atoms with Crippen LogP contribution in [0.5, 0.6) is 0 Å². The van der Waals surface area contributed by atoms with E-state index in [1.807, 2.05) is 25.1 Å². The number of hydrogen-bond donors (Lipinski definition) is 1. The number of esters is 1. The molecule has 8 heteroatoms. The molecule has 0 spiro atoms. The van der Waals surface area contributed by atoms with Gasteiger partial charge in [-0.15, -0.1) is 0 Å². The third-order valence-corrected chi connectivity index (χ3v) is 5.88. The van der Waals surface area contributed by atoms with Crippen LogP contribution >= 0.6 is 11.8 Å². The lowest BCUT2D eigenvalue weighted by Gasteiger charge is -2.13. The largest absolute Gasteiger partial charge is 0.469 e. The Morgan fingerprint density at radius 1 is 1.13 bits per heavy atom. The number of carbonyl (C=O) groups is 2. The first-order valence-electron chi connectivity index (χ1n) is 10.00. The summed E-state index contributed by atoms with van der Waals surface area (Å²) in [5.41, 5.74) is 2.71. The van der Waals surface area contributed by atoms with E-state index in [1.54, 1.807) is 24.3 Å². The highest BCUT2D eigenvalue weighted by Gasteiger charge is 2.14. The molecule has 0 saturated heterocycles. The van der Waals surface area contributed by atoms with Crippen LogP contribution in [0, 0.1) is 6.92 Å². The van der Waals surface area contributed by atoms with Gasteiger partial charge in [0.05, 0.1) is 30.2 Å². The van der Waals surface area contributed by atoms with E-state index >= 15 is 0 Å². The second kappa shape index (κ2) is 10.8. The topological polar surface area (TPSA) is 90.3 Å². The van der Waals surface area contributed by atoms with E-state index in [4.69, 9.17) is 0 Å². The summed E-state index contributed by atoms with van der Waals surface area (Å²) in [5, 5.41) is 3.79. The standard InChI is InChI=1S/C23H25N3O4S/c1-16-7-3-4-8-17(16)11-13-24-20(27)15-31-23-25-19-10-6-5-9-18(19)22(29)26(23)14-12-21(28)30-2/h3-10H,11-15H2,1-2H3,(H,24,27). The zero-order chi connectivity index (χ0) is 22.2. The van der Waals surface area contributed by atoms with Crippen molar-refractivity contribution < 1.29 is 14.3 Å². The maximum absolute atomic E-state index is 12.9. The highest BCUT2D eigenvalue weighted by atomic mass is 32.2. The molecule has 2 aromatic carbocycles. The maximum Gasteiger partial charge on any atom is 0.307 e. The Labute approximate surface area is 184 Å². The van der Waals surface area contributed by atoms with Crippen molar-refractivity contribution in [2.45, 2.75) is 31.5 Å². The van der Waals surface area contributed by atoms with Gasteiger partial charge >= 0.3 is 5.97 Å². The summed E-state index contributed by atoms with van der Waals surface area (Å²) in [4.78, 5) is 41.4. The molecule has 7 nitrogen and oxygen atoms in total. The first-order valence-corrected chi connectivity index (χ1v) is 11.0. The van der Waals surface area contributed by atoms with Gasteiger partial charge in [-0.25, -0.2) is 4.98 Å². The summed E-state index contributed by atoms with van der Waals surface area (Å²) in [6.07, 6.45) is 0.799. The molecule has 0 aliphatic carbocycles. The molecule has 31 heavy (non-hydrogen) atoms. The SMILES string of the molecule is COC(=O)CCn1c(SCC(=O)NCCc2ccccc2C)nc2ccccc2c1=O. The van der Waals surface area contributed by atoms with Gasteiger partial charge in [0.2, 0.25) is 5.91 Å². The first-order chi connectivity index (χ1) is 15.0. The number of aryl methyl sites for hydroxylation is 1. The van der Waals surface area contributed by atoms with Crippen LogP contribution in [-0.2, 0) is 27.3 Å². The number of carbonyl (C=O) groups excluding carboxylic acids is 2. The van der Waals surface area contributed by atoms with E-state index in [0.29, 0.717) is 22.6 Å². The summed E-state index contributed by atoms with van der Waals surface area (Å²) < 4.78 is 6.12. The van der Waals surface area contributed by atoms with E-state index in [2.05, 4.69) is 21.1 Å². The monoisotopic (exact) mass is 439 g/mol. The number of amides is 1. The fourth-order valence-electron chi connectivity index (χ4n) is 3.17. The van der Waals surface area contributed by atoms with Gasteiger partial charge < -0.3 is 10.1 Å². The van der Waals surface area contributed by atoms with Gasteiger partial charge in [0, 0.05) is 13.1 Å². The number of nitrogens with zero attached hydrogens (tertiary/aromatic N) is 2. The fourth-order valence-corrected chi connectivity index (χ4v) is 4.02. The molecule has 1 N–H and O–H groups in total. The second-order valence-electron chi connectivity index (χ2n) is 7.01. The lowest BCUT2D eigenvalue weighted by atomic mass is 10.1. The zero-order valence-corrected chi connectivity index (χ0v) is 18.4. The molecule has 0 atom stereocenters. The fraction of sp³-hybridized carbons (Fsp3) is 0.304. The smallest absolute Gasteiger partial charge is 0.307 e. The van der Waals surface area contributed by atoms with Crippen molar-refractivity contribution in [2.75, 3.05) is 19.4 Å². The summed E-state index contributed by atoms with van der Waals surface area (Å²) in [5.74, 6) is -0.429. The number of rotatable bonds is 9. The number of hydrogen-bond acceptors (Lipinski definition) is 6. The van der Waals surface area contributed by atoms with Gasteiger partial charge in [-0.3, -0.25) is 19.0 Å². The van der Waals surface area contributed by atoms with E-state index < -0.39 is 5.97 Å². The number of ether oxygens (including phenoxy) is 1. The molecule has 0 aliphatic rings. The van der Waals surface area contributed by atoms with E-state index in [0.717, 1.165) is 6.42 Å². The molecular weight excluding hydrogens is 414 g/mol. The van der Waals surface area contributed by atoms with E-state index in [9.17, 15) is 14.4 Å². The predicted molar refractivity (Wildman–Crippen MR) is 121 cm³/mol. The van der Waals surface area contributed by atoms with Crippen molar-refractivity contribution in [2.24, 2.45) is 0 Å². The van der Waals surface area contributed by atoms with Crippen molar-refractivity contribution in [3.05, 3.63) is 70.0 Å². The molecule has 0 fully saturated rings. The van der Waals surface area contributed by atoms with Crippen LogP contribution < -0.4 is 10.9 Å². The summed E-state index contributed by atoms with van der Waals surface area (Å²) >= 11 is 1.18. The zero-order valence-electron chi connectivity index (χ0n) is 17.6. The van der Waals surface area contributed by atoms with Gasteiger partial charge in [0.15, 0.2) is 5.16 Å². The molecule has 1 aromatic heterocycles. The predicted octanol–water partition coefficient (Wildman–Crippen LogP) is 2.72. The molecule has 0 aliphatic heterocycles. The number of para-hydroxylation sites is 1.